The number of nitrogens with one attached hydrogen (secondary N) is 2. The first-order valence-electron chi connectivity index (χ1n) is 13.6. The SMILES string of the molecule is O=C(C[C@H]1C[C@H]2c3cc(ccc3OC3CCOCC3)NC(=O)[C@H]2[C@H](CO)O1)NCCN1CCCCC1. The van der Waals surface area contributed by atoms with Crippen LogP contribution < -0.4 is 15.4 Å². The van der Waals surface area contributed by atoms with Crippen molar-refractivity contribution in [2.45, 2.75) is 69.2 Å². The lowest BCUT2D eigenvalue weighted by Crippen LogP contribution is -2.48. The summed E-state index contributed by atoms with van der Waals surface area (Å²) in [5, 5.41) is 16.1. The number of carbonyl (C=O) groups excluding carboxylic acids is 2. The van der Waals surface area contributed by atoms with Crippen molar-refractivity contribution in [1.82, 2.24) is 10.2 Å². The number of ether oxygens (including phenoxy) is 3. The lowest BCUT2D eigenvalue weighted by molar-refractivity contribution is -0.148. The molecule has 4 aliphatic heterocycles. The number of benzene rings is 1. The van der Waals surface area contributed by atoms with Crippen LogP contribution in [0.15, 0.2) is 18.2 Å². The first-order chi connectivity index (χ1) is 17.6. The monoisotopic (exact) mass is 501 g/mol. The molecule has 0 radical (unpaired) electrons. The average molecular weight is 502 g/mol. The van der Waals surface area contributed by atoms with E-state index in [1.807, 2.05) is 18.2 Å². The Hall–Kier alpha value is -2.20. The third kappa shape index (κ3) is 6.02. The van der Waals surface area contributed by atoms with Gasteiger partial charge in [-0.3, -0.25) is 9.59 Å². The Morgan fingerprint density at radius 1 is 1.19 bits per heavy atom. The van der Waals surface area contributed by atoms with Gasteiger partial charge in [-0.1, -0.05) is 6.42 Å². The molecule has 0 spiro atoms. The number of aliphatic hydroxyl groups excluding tert-OH is 1. The number of piperidine rings is 1. The molecule has 9 nitrogen and oxygen atoms in total. The zero-order valence-electron chi connectivity index (χ0n) is 21.0. The predicted octanol–water partition coefficient (Wildman–Crippen LogP) is 2.04. The number of carbonyl (C=O) groups is 2. The molecule has 198 valence electrons. The molecule has 1 aromatic carbocycles. The summed E-state index contributed by atoms with van der Waals surface area (Å²) in [6.45, 7) is 4.76. The van der Waals surface area contributed by atoms with Crippen LogP contribution in [0.2, 0.25) is 0 Å². The molecule has 3 fully saturated rings. The molecule has 4 aliphatic rings. The molecule has 2 amide bonds. The lowest BCUT2D eigenvalue weighted by atomic mass is 9.76. The molecule has 0 unspecified atom stereocenters. The van der Waals surface area contributed by atoms with E-state index in [2.05, 4.69) is 15.5 Å². The molecular weight excluding hydrogens is 462 g/mol. The van der Waals surface area contributed by atoms with E-state index in [0.717, 1.165) is 43.8 Å². The maximum absolute atomic E-state index is 13.1. The van der Waals surface area contributed by atoms with Gasteiger partial charge >= 0.3 is 0 Å². The van der Waals surface area contributed by atoms with Gasteiger partial charge in [0.1, 0.15) is 11.9 Å². The van der Waals surface area contributed by atoms with Crippen LogP contribution in [-0.4, -0.2) is 86.1 Å². The molecule has 3 saturated heterocycles. The van der Waals surface area contributed by atoms with E-state index in [0.29, 0.717) is 31.9 Å². The van der Waals surface area contributed by atoms with E-state index in [9.17, 15) is 14.7 Å². The van der Waals surface area contributed by atoms with Gasteiger partial charge in [0.05, 0.1) is 44.4 Å². The van der Waals surface area contributed by atoms with Crippen LogP contribution in [0.4, 0.5) is 5.69 Å². The summed E-state index contributed by atoms with van der Waals surface area (Å²) in [6, 6.07) is 5.76. The van der Waals surface area contributed by atoms with Gasteiger partial charge in [0.25, 0.3) is 0 Å². The molecule has 0 aromatic heterocycles. The second kappa shape index (κ2) is 11.9. The Morgan fingerprint density at radius 2 is 2.00 bits per heavy atom. The number of fused-ring (bicyclic) bond motifs is 4. The van der Waals surface area contributed by atoms with Gasteiger partial charge in [-0.25, -0.2) is 0 Å². The van der Waals surface area contributed by atoms with Gasteiger partial charge in [0.2, 0.25) is 11.8 Å². The van der Waals surface area contributed by atoms with Crippen molar-refractivity contribution in [2.75, 3.05) is 51.3 Å². The highest BCUT2D eigenvalue weighted by Crippen LogP contribution is 2.46. The highest BCUT2D eigenvalue weighted by atomic mass is 16.5. The van der Waals surface area contributed by atoms with Crippen LogP contribution in [0.3, 0.4) is 0 Å². The number of hydrogen-bond acceptors (Lipinski definition) is 7. The number of aliphatic hydroxyl groups is 1. The number of rotatable bonds is 8. The van der Waals surface area contributed by atoms with E-state index >= 15 is 0 Å². The normalized spacial score (nSPS) is 29.1. The standard InChI is InChI=1S/C27H39N3O6/c31-17-24-26-22(15-20(36-24)16-25(32)28-8-11-30-9-2-1-3-10-30)21-14-18(29-27(26)33)4-5-23(21)35-19-6-12-34-13-7-19/h4-5,14,19-20,22,24,26,31H,1-3,6-13,15-17H2,(H,28,32)(H,29,33)/t20-,22+,24+,26-/m1/s1. The summed E-state index contributed by atoms with van der Waals surface area (Å²) in [5.41, 5.74) is 1.66. The van der Waals surface area contributed by atoms with Gasteiger partial charge in [-0.15, -0.1) is 0 Å². The molecule has 5 rings (SSSR count). The van der Waals surface area contributed by atoms with Crippen LogP contribution in [0, 0.1) is 5.92 Å². The predicted molar refractivity (Wildman–Crippen MR) is 134 cm³/mol. The minimum Gasteiger partial charge on any atom is -0.490 e. The minimum absolute atomic E-state index is 0.0577. The smallest absolute Gasteiger partial charge is 0.230 e. The third-order valence-electron chi connectivity index (χ3n) is 7.95. The second-order valence-corrected chi connectivity index (χ2v) is 10.5. The first kappa shape index (κ1) is 25.4. The van der Waals surface area contributed by atoms with E-state index in [1.54, 1.807) is 0 Å². The fraction of sp³-hybridized carbons (Fsp3) is 0.704. The van der Waals surface area contributed by atoms with Crippen molar-refractivity contribution in [3.05, 3.63) is 23.8 Å². The van der Waals surface area contributed by atoms with Crippen molar-refractivity contribution < 1.29 is 28.9 Å². The number of nitrogens with zero attached hydrogens (tertiary/aromatic N) is 1. The molecule has 0 aliphatic carbocycles. The molecule has 3 N–H and O–H groups in total. The van der Waals surface area contributed by atoms with Crippen molar-refractivity contribution >= 4 is 17.5 Å². The molecule has 0 saturated carbocycles. The number of anilines is 1. The molecule has 1 aromatic rings. The summed E-state index contributed by atoms with van der Waals surface area (Å²) in [6.07, 6.45) is 5.13. The summed E-state index contributed by atoms with van der Waals surface area (Å²) >= 11 is 0. The highest BCUT2D eigenvalue weighted by molar-refractivity contribution is 5.95. The third-order valence-corrected chi connectivity index (χ3v) is 7.95. The Balaban J connectivity index is 1.27. The van der Waals surface area contributed by atoms with Crippen LogP contribution in [-0.2, 0) is 19.1 Å². The summed E-state index contributed by atoms with van der Waals surface area (Å²) < 4.78 is 18.0. The Kier molecular flexibility index (Phi) is 8.41. The van der Waals surface area contributed by atoms with Crippen LogP contribution in [0.5, 0.6) is 5.75 Å². The molecule has 2 bridgehead atoms. The zero-order chi connectivity index (χ0) is 24.9. The minimum atomic E-state index is -0.680. The molecule has 4 heterocycles. The van der Waals surface area contributed by atoms with Gasteiger partial charge in [-0.2, -0.15) is 0 Å². The van der Waals surface area contributed by atoms with Crippen molar-refractivity contribution in [3.8, 4) is 5.75 Å². The van der Waals surface area contributed by atoms with E-state index in [-0.39, 0.29) is 43.0 Å². The first-order valence-corrected chi connectivity index (χ1v) is 13.6. The van der Waals surface area contributed by atoms with Gasteiger partial charge in [-0.05, 0) is 50.6 Å². The molecule has 9 heteroatoms. The summed E-state index contributed by atoms with van der Waals surface area (Å²) in [5.74, 6) is -0.218. The Labute approximate surface area is 212 Å². The summed E-state index contributed by atoms with van der Waals surface area (Å²) in [7, 11) is 0. The van der Waals surface area contributed by atoms with E-state index in [4.69, 9.17) is 14.2 Å². The highest BCUT2D eigenvalue weighted by Gasteiger charge is 2.46. The molecule has 36 heavy (non-hydrogen) atoms. The second-order valence-electron chi connectivity index (χ2n) is 10.5. The molecule has 4 atom stereocenters. The van der Waals surface area contributed by atoms with Gasteiger partial charge < -0.3 is 34.9 Å². The van der Waals surface area contributed by atoms with Crippen molar-refractivity contribution in [2.24, 2.45) is 5.92 Å². The van der Waals surface area contributed by atoms with E-state index in [1.165, 1.54) is 19.3 Å². The maximum Gasteiger partial charge on any atom is 0.230 e. The number of hydrogen-bond donors (Lipinski definition) is 3. The quantitative estimate of drug-likeness (QED) is 0.500. The average Bonchev–Trinajstić information content (AvgIpc) is 3.00. The fourth-order valence-corrected chi connectivity index (χ4v) is 6.07. The molecular formula is C27H39N3O6. The van der Waals surface area contributed by atoms with Crippen molar-refractivity contribution in [3.63, 3.8) is 0 Å². The topological polar surface area (TPSA) is 109 Å². The Bertz CT molecular complexity index is 915. The van der Waals surface area contributed by atoms with Crippen LogP contribution in [0.25, 0.3) is 0 Å². The van der Waals surface area contributed by atoms with Gasteiger partial charge in [0.15, 0.2) is 0 Å². The maximum atomic E-state index is 13.1. The zero-order valence-corrected chi connectivity index (χ0v) is 21.0. The van der Waals surface area contributed by atoms with Gasteiger partial charge in [0, 0.05) is 43.1 Å². The number of amides is 2. The van der Waals surface area contributed by atoms with Crippen LogP contribution in [0.1, 0.15) is 56.4 Å². The fourth-order valence-electron chi connectivity index (χ4n) is 6.07. The van der Waals surface area contributed by atoms with E-state index < -0.39 is 12.0 Å². The summed E-state index contributed by atoms with van der Waals surface area (Å²) in [4.78, 5) is 28.3. The van der Waals surface area contributed by atoms with Crippen molar-refractivity contribution in [1.29, 1.82) is 0 Å². The Morgan fingerprint density at radius 3 is 2.78 bits per heavy atom. The van der Waals surface area contributed by atoms with Crippen LogP contribution >= 0.6 is 0 Å². The lowest BCUT2D eigenvalue weighted by Gasteiger charge is -2.40. The largest absolute Gasteiger partial charge is 0.490 e. The number of likely N-dealkylation sites (tertiary alicyclic amines) is 1.